The van der Waals surface area contributed by atoms with E-state index in [0.717, 1.165) is 11.3 Å². The van der Waals surface area contributed by atoms with Crippen molar-refractivity contribution in [3.8, 4) is 0 Å². The first-order valence-electron chi connectivity index (χ1n) is 17.9. The molecule has 4 rings (SSSR count). The summed E-state index contributed by atoms with van der Waals surface area (Å²) in [6.45, 7) is 13.9. The van der Waals surface area contributed by atoms with Gasteiger partial charge in [-0.2, -0.15) is 0 Å². The summed E-state index contributed by atoms with van der Waals surface area (Å²) in [6, 6.07) is 3.92. The number of aromatic nitrogens is 1. The quantitative estimate of drug-likeness (QED) is 0.136. The predicted molar refractivity (Wildman–Crippen MR) is 188 cm³/mol. The monoisotopic (exact) mass is 683 g/mol. The highest BCUT2D eigenvalue weighted by atomic mass is 16.6. The van der Waals surface area contributed by atoms with Crippen LogP contribution in [0.3, 0.4) is 0 Å². The number of ether oxygens (including phenoxy) is 3. The van der Waals surface area contributed by atoms with Gasteiger partial charge in [0.2, 0.25) is 0 Å². The Bertz CT molecular complexity index is 1310. The number of carbonyl (C=O) groups excluding carboxylic acids is 2. The normalized spacial score (nSPS) is 31.9. The van der Waals surface area contributed by atoms with Crippen LogP contribution < -0.4 is 4.90 Å². The maximum Gasteiger partial charge on any atom is 0.410 e. The van der Waals surface area contributed by atoms with Crippen LogP contribution in [0.25, 0.3) is 0 Å². The van der Waals surface area contributed by atoms with Gasteiger partial charge in [-0.3, -0.25) is 9.78 Å². The van der Waals surface area contributed by atoms with Crippen LogP contribution in [0.1, 0.15) is 73.6 Å². The van der Waals surface area contributed by atoms with Crippen molar-refractivity contribution in [2.75, 3.05) is 31.1 Å². The second-order valence-electron chi connectivity index (χ2n) is 14.4. The fourth-order valence-corrected chi connectivity index (χ4v) is 6.69. The number of carbonyl (C=O) groups is 2. The van der Waals surface area contributed by atoms with Gasteiger partial charge in [-0.1, -0.05) is 52.0 Å². The first-order chi connectivity index (χ1) is 23.3. The van der Waals surface area contributed by atoms with E-state index < -0.39 is 36.0 Å². The van der Waals surface area contributed by atoms with Crippen LogP contribution in [-0.2, 0) is 19.0 Å². The van der Waals surface area contributed by atoms with Gasteiger partial charge < -0.3 is 39.3 Å². The zero-order chi connectivity index (χ0) is 35.7. The summed E-state index contributed by atoms with van der Waals surface area (Å²) >= 11 is 0. The Kier molecular flexibility index (Phi) is 13.9. The number of anilines is 1. The molecular formula is C38H57N3O8. The second-order valence-corrected chi connectivity index (χ2v) is 14.4. The number of amides is 1. The predicted octanol–water partition coefficient (Wildman–Crippen LogP) is 4.81. The zero-order valence-electron chi connectivity index (χ0n) is 30.0. The fraction of sp³-hybridized carbons (Fsp3) is 0.658. The summed E-state index contributed by atoms with van der Waals surface area (Å²) in [4.78, 5) is 34.2. The molecule has 0 aliphatic carbocycles. The number of allylic oxidation sites excluding steroid dienone is 2. The molecule has 1 aromatic heterocycles. The summed E-state index contributed by atoms with van der Waals surface area (Å²) in [7, 11) is 0. The fourth-order valence-electron chi connectivity index (χ4n) is 6.69. The number of hydrogen-bond acceptors (Lipinski definition) is 10. The van der Waals surface area contributed by atoms with Gasteiger partial charge in [0.15, 0.2) is 0 Å². The minimum atomic E-state index is -1.13. The highest BCUT2D eigenvalue weighted by molar-refractivity contribution is 5.70. The first-order valence-corrected chi connectivity index (χ1v) is 17.9. The second kappa shape index (κ2) is 17.6. The lowest BCUT2D eigenvalue weighted by molar-refractivity contribution is -0.151. The number of aliphatic hydroxyl groups is 3. The molecule has 1 aromatic rings. The first kappa shape index (κ1) is 38.6. The van der Waals surface area contributed by atoms with Crippen molar-refractivity contribution in [2.24, 2.45) is 17.8 Å². The molecule has 3 aliphatic heterocycles. The van der Waals surface area contributed by atoms with Gasteiger partial charge in [0.05, 0.1) is 36.4 Å². The van der Waals surface area contributed by atoms with Gasteiger partial charge in [-0.25, -0.2) is 4.79 Å². The van der Waals surface area contributed by atoms with Crippen molar-refractivity contribution >= 4 is 17.7 Å². The molecule has 10 atom stereocenters. The van der Waals surface area contributed by atoms with E-state index in [1.807, 2.05) is 65.0 Å². The highest BCUT2D eigenvalue weighted by Crippen LogP contribution is 2.37. The van der Waals surface area contributed by atoms with E-state index in [-0.39, 0.29) is 42.5 Å². The SMILES string of the molecule is CCC(O)C(C)C1OC1CC(C)(O)/C=C/C=C(\C)C1OC(=O)CC(O)CCC(C)C(OC(=O)N2CCN(c3ccncc3)CC2)/C=C\C1C. The van der Waals surface area contributed by atoms with E-state index in [4.69, 9.17) is 14.2 Å². The molecule has 0 bridgehead atoms. The summed E-state index contributed by atoms with van der Waals surface area (Å²) in [5.74, 6) is -0.834. The molecule has 0 saturated carbocycles. The number of esters is 1. The Labute approximate surface area is 291 Å². The van der Waals surface area contributed by atoms with Gasteiger partial charge in [-0.15, -0.1) is 0 Å². The molecule has 3 N–H and O–H groups in total. The van der Waals surface area contributed by atoms with Crippen LogP contribution in [0, 0.1) is 17.8 Å². The van der Waals surface area contributed by atoms with E-state index in [0.29, 0.717) is 51.9 Å². The lowest BCUT2D eigenvalue weighted by Gasteiger charge is -2.36. The third-order valence-electron chi connectivity index (χ3n) is 10.1. The van der Waals surface area contributed by atoms with Gasteiger partial charge in [0.25, 0.3) is 0 Å². The topological polar surface area (TPSA) is 145 Å². The Morgan fingerprint density at radius 2 is 1.86 bits per heavy atom. The van der Waals surface area contributed by atoms with Crippen LogP contribution in [0.15, 0.2) is 60.5 Å². The van der Waals surface area contributed by atoms with Gasteiger partial charge in [0, 0.05) is 62.5 Å². The van der Waals surface area contributed by atoms with Crippen LogP contribution in [0.4, 0.5) is 10.5 Å². The van der Waals surface area contributed by atoms with Crippen LogP contribution in [0.2, 0.25) is 0 Å². The molecule has 272 valence electrons. The number of piperazine rings is 1. The lowest BCUT2D eigenvalue weighted by atomic mass is 9.91. The Hall–Kier alpha value is -3.25. The van der Waals surface area contributed by atoms with E-state index >= 15 is 0 Å². The molecule has 0 spiro atoms. The number of epoxide rings is 1. The van der Waals surface area contributed by atoms with Gasteiger partial charge in [0.1, 0.15) is 12.2 Å². The average Bonchev–Trinajstić information content (AvgIpc) is 3.84. The molecule has 2 fully saturated rings. The van der Waals surface area contributed by atoms with Crippen molar-refractivity contribution in [1.29, 1.82) is 0 Å². The van der Waals surface area contributed by atoms with Gasteiger partial charge in [-0.05, 0) is 62.8 Å². The number of pyridine rings is 1. The molecule has 4 heterocycles. The molecule has 3 aliphatic rings. The molecule has 0 aromatic carbocycles. The molecule has 49 heavy (non-hydrogen) atoms. The van der Waals surface area contributed by atoms with Gasteiger partial charge >= 0.3 is 12.1 Å². The van der Waals surface area contributed by atoms with Crippen LogP contribution in [0.5, 0.6) is 0 Å². The number of rotatable bonds is 10. The largest absolute Gasteiger partial charge is 0.457 e. The van der Waals surface area contributed by atoms with Crippen molar-refractivity contribution in [3.05, 3.63) is 60.5 Å². The van der Waals surface area contributed by atoms with Crippen molar-refractivity contribution < 1.29 is 39.1 Å². The molecule has 2 saturated heterocycles. The summed E-state index contributed by atoms with van der Waals surface area (Å²) in [6.07, 6.45) is 11.5. The summed E-state index contributed by atoms with van der Waals surface area (Å²) in [5.41, 5.74) is 0.704. The van der Waals surface area contributed by atoms with Crippen LogP contribution >= 0.6 is 0 Å². The van der Waals surface area contributed by atoms with Crippen molar-refractivity contribution in [3.63, 3.8) is 0 Å². The third kappa shape index (κ3) is 11.4. The maximum absolute atomic E-state index is 13.3. The molecule has 1 amide bonds. The molecule has 11 heteroatoms. The zero-order valence-corrected chi connectivity index (χ0v) is 30.0. The standard InChI is InChI=1S/C38H57N3O8/c1-7-31(43)28(5)36-33(47-36)24-38(6,46)16-8-9-26(3)35-27(4)11-13-32(25(2)10-12-30(42)23-34(44)49-35)48-37(45)41-21-19-40(20-22-41)29-14-17-39-18-15-29/h8-9,11,13-18,25,27-28,30-33,35-36,42-43,46H,7,10,12,19-24H2,1-6H3/b13-11-,16-8+,26-9+. The Balaban J connectivity index is 1.41. The number of hydrogen-bond donors (Lipinski definition) is 3. The number of nitrogens with zero attached hydrogens (tertiary/aromatic N) is 3. The van der Waals surface area contributed by atoms with E-state index in [1.165, 1.54) is 0 Å². The van der Waals surface area contributed by atoms with Crippen LogP contribution in [-0.4, -0.2) is 106 Å². The van der Waals surface area contributed by atoms with E-state index in [2.05, 4.69) is 9.88 Å². The van der Waals surface area contributed by atoms with Crippen molar-refractivity contribution in [1.82, 2.24) is 9.88 Å². The summed E-state index contributed by atoms with van der Waals surface area (Å²) < 4.78 is 17.7. The minimum absolute atomic E-state index is 0.000600. The maximum atomic E-state index is 13.3. The molecule has 11 nitrogen and oxygen atoms in total. The molecular weight excluding hydrogens is 626 g/mol. The Morgan fingerprint density at radius 3 is 2.53 bits per heavy atom. The highest BCUT2D eigenvalue weighted by Gasteiger charge is 2.47. The molecule has 10 unspecified atom stereocenters. The van der Waals surface area contributed by atoms with E-state index in [1.54, 1.807) is 36.4 Å². The number of cyclic esters (lactones) is 1. The smallest absolute Gasteiger partial charge is 0.410 e. The molecule has 0 radical (unpaired) electrons. The lowest BCUT2D eigenvalue weighted by Crippen LogP contribution is -2.49. The summed E-state index contributed by atoms with van der Waals surface area (Å²) in [5, 5.41) is 31.8. The number of aliphatic hydroxyl groups excluding tert-OH is 2. The average molecular weight is 684 g/mol. The minimum Gasteiger partial charge on any atom is -0.457 e. The third-order valence-corrected chi connectivity index (χ3v) is 10.1. The Morgan fingerprint density at radius 1 is 1.16 bits per heavy atom. The van der Waals surface area contributed by atoms with Crippen molar-refractivity contribution in [2.45, 2.75) is 116 Å². The van der Waals surface area contributed by atoms with E-state index in [9.17, 15) is 24.9 Å².